The average Bonchev–Trinajstić information content (AvgIpc) is 2.38. The topological polar surface area (TPSA) is 64.7 Å². The van der Waals surface area contributed by atoms with E-state index in [0.29, 0.717) is 15.7 Å². The van der Waals surface area contributed by atoms with Gasteiger partial charge in [0.1, 0.15) is 0 Å². The summed E-state index contributed by atoms with van der Waals surface area (Å²) in [5.74, 6) is 0.198. The molecule has 20 heavy (non-hydrogen) atoms. The molecule has 0 saturated carbocycles. The van der Waals surface area contributed by atoms with E-state index in [2.05, 4.69) is 15.0 Å². The molecule has 2 aromatic heterocycles. The third-order valence-corrected chi connectivity index (χ3v) is 3.33. The molecule has 0 amide bonds. The number of hydrogen-bond donors (Lipinski definition) is 1. The Labute approximate surface area is 147 Å². The van der Waals surface area contributed by atoms with E-state index < -0.39 is 0 Å². The first-order chi connectivity index (χ1) is 9.15. The molecule has 0 spiro atoms. The van der Waals surface area contributed by atoms with Gasteiger partial charge in [-0.15, -0.1) is 0 Å². The van der Waals surface area contributed by atoms with Crippen LogP contribution in [0.2, 0.25) is 10.0 Å². The minimum absolute atomic E-state index is 0. The van der Waals surface area contributed by atoms with E-state index in [1.807, 2.05) is 6.07 Å². The maximum Gasteiger partial charge on any atom is 0.222 e. The minimum atomic E-state index is 0. The van der Waals surface area contributed by atoms with Crippen molar-refractivity contribution in [2.45, 2.75) is 0 Å². The van der Waals surface area contributed by atoms with Gasteiger partial charge in [-0.2, -0.15) is 4.98 Å². The van der Waals surface area contributed by atoms with Gasteiger partial charge in [-0.25, -0.2) is 9.97 Å². The molecule has 1 radical (unpaired) electrons. The molecule has 1 aromatic carbocycles. The van der Waals surface area contributed by atoms with Crippen LogP contribution in [0.4, 0.5) is 5.95 Å². The Kier molecular flexibility index (Phi) is 4.83. The summed E-state index contributed by atoms with van der Waals surface area (Å²) in [6.07, 6.45) is 3.29. The monoisotopic (exact) mass is 313 g/mol. The van der Waals surface area contributed by atoms with Gasteiger partial charge in [-0.3, -0.25) is 0 Å². The standard InChI is InChI=1S/C13H8Cl2N4.Na/c14-9-2-1-3-10(15)11(9)7-4-8-6-18-13(16)19-12(8)17-5-7;/h1-6H,(H2,16,17,18,19);. The van der Waals surface area contributed by atoms with Gasteiger partial charge in [-0.05, 0) is 18.2 Å². The number of nitrogens with zero attached hydrogens (tertiary/aromatic N) is 3. The molecular weight excluding hydrogens is 306 g/mol. The average molecular weight is 314 g/mol. The van der Waals surface area contributed by atoms with Gasteiger partial charge in [0.15, 0.2) is 5.65 Å². The maximum atomic E-state index is 6.18. The number of aromatic nitrogens is 3. The molecule has 0 saturated heterocycles. The van der Waals surface area contributed by atoms with E-state index in [9.17, 15) is 0 Å². The predicted octanol–water partition coefficient (Wildman–Crippen LogP) is 3.20. The number of rotatable bonds is 1. The summed E-state index contributed by atoms with van der Waals surface area (Å²) in [4.78, 5) is 12.2. The number of fused-ring (bicyclic) bond motifs is 1. The van der Waals surface area contributed by atoms with Crippen molar-refractivity contribution in [2.24, 2.45) is 0 Å². The van der Waals surface area contributed by atoms with Gasteiger partial charge in [0, 0.05) is 68.5 Å². The van der Waals surface area contributed by atoms with Crippen LogP contribution in [0.5, 0.6) is 0 Å². The van der Waals surface area contributed by atoms with E-state index in [1.54, 1.807) is 30.6 Å². The van der Waals surface area contributed by atoms with Crippen molar-refractivity contribution in [2.75, 3.05) is 5.73 Å². The summed E-state index contributed by atoms with van der Waals surface area (Å²) in [6.45, 7) is 0. The smallest absolute Gasteiger partial charge is 0.222 e. The fourth-order valence-electron chi connectivity index (χ4n) is 1.85. The number of nitrogens with two attached hydrogens (primary N) is 1. The van der Waals surface area contributed by atoms with Gasteiger partial charge in [0.2, 0.25) is 5.95 Å². The SMILES string of the molecule is Nc1ncc2cc(-c3c(Cl)cccc3Cl)cnc2n1.[Na]. The summed E-state index contributed by atoms with van der Waals surface area (Å²) in [5, 5.41) is 1.93. The Morgan fingerprint density at radius 1 is 1.00 bits per heavy atom. The summed E-state index contributed by atoms with van der Waals surface area (Å²) in [5.41, 5.74) is 7.62. The molecule has 2 N–H and O–H groups in total. The van der Waals surface area contributed by atoms with Gasteiger partial charge in [0.05, 0.1) is 0 Å². The summed E-state index contributed by atoms with van der Waals surface area (Å²) >= 11 is 12.4. The first-order valence-corrected chi connectivity index (χ1v) is 6.23. The molecule has 0 bridgehead atoms. The minimum Gasteiger partial charge on any atom is -0.368 e. The molecular formula is C13H8Cl2N4Na. The molecule has 3 aromatic rings. The first kappa shape index (κ1) is 15.5. The molecule has 0 fully saturated rings. The second-order valence-corrected chi connectivity index (χ2v) is 4.78. The van der Waals surface area contributed by atoms with E-state index in [0.717, 1.165) is 16.5 Å². The van der Waals surface area contributed by atoms with Crippen LogP contribution >= 0.6 is 23.2 Å². The van der Waals surface area contributed by atoms with Gasteiger partial charge in [0.25, 0.3) is 0 Å². The fourth-order valence-corrected chi connectivity index (χ4v) is 2.46. The van der Waals surface area contributed by atoms with E-state index >= 15 is 0 Å². The van der Waals surface area contributed by atoms with Crippen LogP contribution in [0.25, 0.3) is 22.2 Å². The van der Waals surface area contributed by atoms with Crippen molar-refractivity contribution in [1.82, 2.24) is 15.0 Å². The van der Waals surface area contributed by atoms with Gasteiger partial charge in [-0.1, -0.05) is 29.3 Å². The zero-order valence-corrected chi connectivity index (χ0v) is 14.2. The fraction of sp³-hybridized carbons (Fsp3) is 0. The van der Waals surface area contributed by atoms with Crippen LogP contribution < -0.4 is 5.73 Å². The van der Waals surface area contributed by atoms with E-state index in [1.165, 1.54) is 0 Å². The Balaban J connectivity index is 0.00000147. The third kappa shape index (κ3) is 2.90. The number of hydrogen-bond acceptors (Lipinski definition) is 4. The van der Waals surface area contributed by atoms with Gasteiger partial charge >= 0.3 is 0 Å². The van der Waals surface area contributed by atoms with Crippen molar-refractivity contribution in [3.05, 3.63) is 46.7 Å². The molecule has 0 aliphatic heterocycles. The number of halogens is 2. The maximum absolute atomic E-state index is 6.18. The predicted molar refractivity (Wildman–Crippen MR) is 83.0 cm³/mol. The van der Waals surface area contributed by atoms with Crippen molar-refractivity contribution >= 4 is 69.7 Å². The van der Waals surface area contributed by atoms with Crippen molar-refractivity contribution in [1.29, 1.82) is 0 Å². The first-order valence-electron chi connectivity index (χ1n) is 5.48. The third-order valence-electron chi connectivity index (χ3n) is 2.70. The molecule has 4 nitrogen and oxygen atoms in total. The molecule has 95 valence electrons. The molecule has 3 rings (SSSR count). The Hall–Kier alpha value is -0.910. The Bertz CT molecular complexity index is 759. The second-order valence-electron chi connectivity index (χ2n) is 3.96. The molecule has 2 heterocycles. The van der Waals surface area contributed by atoms with Crippen LogP contribution in [0.1, 0.15) is 0 Å². The Morgan fingerprint density at radius 2 is 1.70 bits per heavy atom. The zero-order chi connectivity index (χ0) is 13.4. The van der Waals surface area contributed by atoms with E-state index in [-0.39, 0.29) is 35.5 Å². The molecule has 0 aliphatic carbocycles. The summed E-state index contributed by atoms with van der Waals surface area (Å²) in [7, 11) is 0. The van der Waals surface area contributed by atoms with Gasteiger partial charge < -0.3 is 5.73 Å². The molecule has 0 unspecified atom stereocenters. The molecule has 7 heteroatoms. The van der Waals surface area contributed by atoms with Crippen molar-refractivity contribution < 1.29 is 0 Å². The largest absolute Gasteiger partial charge is 0.368 e. The Morgan fingerprint density at radius 3 is 2.40 bits per heavy atom. The summed E-state index contributed by atoms with van der Waals surface area (Å²) < 4.78 is 0. The van der Waals surface area contributed by atoms with Crippen molar-refractivity contribution in [3.63, 3.8) is 0 Å². The van der Waals surface area contributed by atoms with Crippen LogP contribution in [0.3, 0.4) is 0 Å². The van der Waals surface area contributed by atoms with Crippen molar-refractivity contribution in [3.8, 4) is 11.1 Å². The summed E-state index contributed by atoms with van der Waals surface area (Å²) in [6, 6.07) is 7.25. The zero-order valence-electron chi connectivity index (χ0n) is 10.6. The molecule has 0 atom stereocenters. The van der Waals surface area contributed by atoms with Crippen LogP contribution in [0.15, 0.2) is 36.7 Å². The number of anilines is 1. The number of nitrogen functional groups attached to an aromatic ring is 1. The van der Waals surface area contributed by atoms with Crippen LogP contribution in [-0.4, -0.2) is 44.5 Å². The van der Waals surface area contributed by atoms with Crippen LogP contribution in [0, 0.1) is 0 Å². The van der Waals surface area contributed by atoms with Crippen LogP contribution in [-0.2, 0) is 0 Å². The normalized spacial score (nSPS) is 10.3. The number of benzene rings is 1. The number of pyridine rings is 1. The molecule has 0 aliphatic rings. The second kappa shape index (κ2) is 6.24. The van der Waals surface area contributed by atoms with E-state index in [4.69, 9.17) is 28.9 Å². The quantitative estimate of drug-likeness (QED) is 0.701.